The molecule has 5 aromatic rings. The number of rotatable bonds is 5. The molecular formula is C27H21NS. The van der Waals surface area contributed by atoms with Gasteiger partial charge in [-0.1, -0.05) is 78.9 Å². The zero-order valence-corrected chi connectivity index (χ0v) is 16.8. The first-order valence-electron chi connectivity index (χ1n) is 9.83. The Morgan fingerprint density at radius 3 is 2.07 bits per heavy atom. The van der Waals surface area contributed by atoms with Crippen LogP contribution in [0.25, 0.3) is 10.1 Å². The van der Waals surface area contributed by atoms with Crippen LogP contribution in [0.5, 0.6) is 0 Å². The number of anilines is 3. The summed E-state index contributed by atoms with van der Waals surface area (Å²) in [5.74, 6) is 0. The third kappa shape index (κ3) is 3.67. The maximum atomic E-state index is 2.37. The molecule has 0 fully saturated rings. The highest BCUT2D eigenvalue weighted by Gasteiger charge is 2.16. The van der Waals surface area contributed by atoms with Crippen molar-refractivity contribution < 1.29 is 0 Å². The highest BCUT2D eigenvalue weighted by molar-refractivity contribution is 7.17. The third-order valence-electron chi connectivity index (χ3n) is 5.14. The summed E-state index contributed by atoms with van der Waals surface area (Å²) in [5, 5.41) is 3.55. The van der Waals surface area contributed by atoms with Gasteiger partial charge < -0.3 is 4.90 Å². The summed E-state index contributed by atoms with van der Waals surface area (Å²) in [6, 6.07) is 38.8. The van der Waals surface area contributed by atoms with Crippen molar-refractivity contribution in [1.29, 1.82) is 0 Å². The average Bonchev–Trinajstić information content (AvgIpc) is 3.20. The largest absolute Gasteiger partial charge is 0.309 e. The van der Waals surface area contributed by atoms with Crippen molar-refractivity contribution in [3.05, 3.63) is 126 Å². The normalized spacial score (nSPS) is 10.9. The lowest BCUT2D eigenvalue weighted by atomic mass is 10.0. The Labute approximate surface area is 175 Å². The summed E-state index contributed by atoms with van der Waals surface area (Å²) < 4.78 is 1.31. The minimum Gasteiger partial charge on any atom is -0.309 e. The van der Waals surface area contributed by atoms with E-state index in [2.05, 4.69) is 119 Å². The molecule has 1 nitrogen and oxygen atoms in total. The van der Waals surface area contributed by atoms with Gasteiger partial charge in [0.05, 0.1) is 5.69 Å². The van der Waals surface area contributed by atoms with E-state index < -0.39 is 0 Å². The molecule has 0 unspecified atom stereocenters. The topological polar surface area (TPSA) is 3.24 Å². The lowest BCUT2D eigenvalue weighted by Gasteiger charge is -2.25. The standard InChI is InChI=1S/C27H21NS/c1-3-10-21(11-4-1)18-22-12-9-15-24(19-22)28(23-13-5-2-6-14-23)26-20-29-27-17-8-7-16-25(26)27/h1-17,19-20H,18H2. The summed E-state index contributed by atoms with van der Waals surface area (Å²) in [6.07, 6.45) is 0.932. The second-order valence-electron chi connectivity index (χ2n) is 7.12. The number of para-hydroxylation sites is 1. The molecule has 1 aromatic heterocycles. The van der Waals surface area contributed by atoms with Crippen LogP contribution in [0.2, 0.25) is 0 Å². The van der Waals surface area contributed by atoms with E-state index in [-0.39, 0.29) is 0 Å². The molecule has 0 aliphatic rings. The first-order valence-corrected chi connectivity index (χ1v) is 10.7. The quantitative estimate of drug-likeness (QED) is 0.294. The van der Waals surface area contributed by atoms with Crippen molar-refractivity contribution in [2.24, 2.45) is 0 Å². The summed E-state index contributed by atoms with van der Waals surface area (Å²) in [6.45, 7) is 0. The molecule has 0 aliphatic heterocycles. The lowest BCUT2D eigenvalue weighted by Crippen LogP contribution is -2.09. The zero-order valence-electron chi connectivity index (χ0n) is 16.0. The Morgan fingerprint density at radius 1 is 0.586 bits per heavy atom. The zero-order chi connectivity index (χ0) is 19.5. The van der Waals surface area contributed by atoms with Crippen molar-refractivity contribution in [1.82, 2.24) is 0 Å². The molecule has 0 bridgehead atoms. The molecule has 5 rings (SSSR count). The van der Waals surface area contributed by atoms with E-state index in [0.29, 0.717) is 0 Å². The SMILES string of the molecule is c1ccc(Cc2cccc(N(c3ccccc3)c3csc4ccccc34)c2)cc1. The van der Waals surface area contributed by atoms with Crippen molar-refractivity contribution >= 4 is 38.5 Å². The molecule has 4 aromatic carbocycles. The highest BCUT2D eigenvalue weighted by atomic mass is 32.1. The molecule has 0 aliphatic carbocycles. The highest BCUT2D eigenvalue weighted by Crippen LogP contribution is 2.41. The lowest BCUT2D eigenvalue weighted by molar-refractivity contribution is 1.18. The molecule has 0 N–H and O–H groups in total. The molecule has 140 valence electrons. The fourth-order valence-electron chi connectivity index (χ4n) is 3.78. The number of thiophene rings is 1. The van der Waals surface area contributed by atoms with Crippen molar-refractivity contribution in [3.8, 4) is 0 Å². The van der Waals surface area contributed by atoms with Crippen molar-refractivity contribution in [2.75, 3.05) is 4.90 Å². The van der Waals surface area contributed by atoms with Crippen LogP contribution >= 0.6 is 11.3 Å². The van der Waals surface area contributed by atoms with Crippen LogP contribution in [0.15, 0.2) is 115 Å². The van der Waals surface area contributed by atoms with Crippen LogP contribution in [0.4, 0.5) is 17.1 Å². The van der Waals surface area contributed by atoms with E-state index in [1.807, 2.05) is 0 Å². The van der Waals surface area contributed by atoms with Gasteiger partial charge >= 0.3 is 0 Å². The predicted octanol–water partition coefficient (Wildman–Crippen LogP) is 7.96. The molecule has 29 heavy (non-hydrogen) atoms. The van der Waals surface area contributed by atoms with Crippen LogP contribution in [-0.4, -0.2) is 0 Å². The molecule has 0 atom stereocenters. The van der Waals surface area contributed by atoms with Gasteiger partial charge in [0.1, 0.15) is 0 Å². The molecule has 0 saturated carbocycles. The monoisotopic (exact) mass is 391 g/mol. The molecule has 0 saturated heterocycles. The van der Waals surface area contributed by atoms with Crippen LogP contribution in [-0.2, 0) is 6.42 Å². The average molecular weight is 392 g/mol. The number of benzene rings is 4. The summed E-state index contributed by atoms with van der Waals surface area (Å²) in [4.78, 5) is 2.37. The van der Waals surface area contributed by atoms with Gasteiger partial charge in [-0.25, -0.2) is 0 Å². The van der Waals surface area contributed by atoms with Gasteiger partial charge in [-0.3, -0.25) is 0 Å². The Hall–Kier alpha value is -3.36. The fourth-order valence-corrected chi connectivity index (χ4v) is 4.71. The van der Waals surface area contributed by atoms with Gasteiger partial charge in [0, 0.05) is 26.8 Å². The number of fused-ring (bicyclic) bond motifs is 1. The Morgan fingerprint density at radius 2 is 1.24 bits per heavy atom. The van der Waals surface area contributed by atoms with Gasteiger partial charge in [-0.15, -0.1) is 11.3 Å². The minimum atomic E-state index is 0.932. The van der Waals surface area contributed by atoms with E-state index in [4.69, 9.17) is 0 Å². The maximum Gasteiger partial charge on any atom is 0.0647 e. The number of hydrogen-bond donors (Lipinski definition) is 0. The van der Waals surface area contributed by atoms with Crippen LogP contribution < -0.4 is 4.90 Å². The van der Waals surface area contributed by atoms with E-state index in [1.165, 1.54) is 38.3 Å². The summed E-state index contributed by atoms with van der Waals surface area (Å²) in [7, 11) is 0. The van der Waals surface area contributed by atoms with E-state index in [9.17, 15) is 0 Å². The van der Waals surface area contributed by atoms with E-state index >= 15 is 0 Å². The van der Waals surface area contributed by atoms with Crippen molar-refractivity contribution in [3.63, 3.8) is 0 Å². The Kier molecular flexibility index (Phi) is 4.85. The van der Waals surface area contributed by atoms with Crippen molar-refractivity contribution in [2.45, 2.75) is 6.42 Å². The van der Waals surface area contributed by atoms with Crippen LogP contribution in [0, 0.1) is 0 Å². The first-order chi connectivity index (χ1) is 14.4. The van der Waals surface area contributed by atoms with Gasteiger partial charge in [0.2, 0.25) is 0 Å². The second-order valence-corrected chi connectivity index (χ2v) is 8.03. The van der Waals surface area contributed by atoms with E-state index in [1.54, 1.807) is 11.3 Å². The van der Waals surface area contributed by atoms with Crippen LogP contribution in [0.1, 0.15) is 11.1 Å². The maximum absolute atomic E-state index is 2.37. The molecule has 1 heterocycles. The second kappa shape index (κ2) is 7.94. The molecule has 0 spiro atoms. The first kappa shape index (κ1) is 17.7. The van der Waals surface area contributed by atoms with Gasteiger partial charge in [-0.2, -0.15) is 0 Å². The minimum absolute atomic E-state index is 0.932. The Balaban J connectivity index is 1.61. The smallest absolute Gasteiger partial charge is 0.0647 e. The van der Waals surface area contributed by atoms with Gasteiger partial charge in [0.15, 0.2) is 0 Å². The number of hydrogen-bond acceptors (Lipinski definition) is 2. The number of nitrogens with zero attached hydrogens (tertiary/aromatic N) is 1. The van der Waals surface area contributed by atoms with Crippen LogP contribution in [0.3, 0.4) is 0 Å². The van der Waals surface area contributed by atoms with Gasteiger partial charge in [-0.05, 0) is 47.9 Å². The predicted molar refractivity (Wildman–Crippen MR) is 126 cm³/mol. The third-order valence-corrected chi connectivity index (χ3v) is 6.09. The van der Waals surface area contributed by atoms with Gasteiger partial charge in [0.25, 0.3) is 0 Å². The summed E-state index contributed by atoms with van der Waals surface area (Å²) in [5.41, 5.74) is 6.24. The van der Waals surface area contributed by atoms with E-state index in [0.717, 1.165) is 6.42 Å². The summed E-state index contributed by atoms with van der Waals surface area (Å²) >= 11 is 1.80. The molecule has 0 radical (unpaired) electrons. The Bertz CT molecular complexity index is 1230. The molecule has 0 amide bonds. The molecule has 2 heteroatoms. The fraction of sp³-hybridized carbons (Fsp3) is 0.0370. The molecular weight excluding hydrogens is 370 g/mol.